The first kappa shape index (κ1) is 14.1. The molecule has 1 aromatic rings. The van der Waals surface area contributed by atoms with E-state index < -0.39 is 0 Å². The monoisotopic (exact) mass is 289 g/mol. The predicted octanol–water partition coefficient (Wildman–Crippen LogP) is 4.37. The molecule has 4 heteroatoms. The van der Waals surface area contributed by atoms with E-state index in [4.69, 9.17) is 23.2 Å². The fraction of sp³-hybridized carbons (Fsp3) is 0.571. The average Bonchev–Trinajstić information content (AvgIpc) is 2.36. The van der Waals surface area contributed by atoms with Crippen molar-refractivity contribution in [1.82, 2.24) is 5.32 Å². The van der Waals surface area contributed by atoms with Crippen molar-refractivity contribution in [3.63, 3.8) is 0 Å². The minimum atomic E-state index is -0.367. The van der Waals surface area contributed by atoms with E-state index in [9.17, 15) is 4.39 Å². The Morgan fingerprint density at radius 1 is 1.28 bits per heavy atom. The van der Waals surface area contributed by atoms with Crippen LogP contribution in [-0.4, -0.2) is 11.9 Å². The maximum absolute atomic E-state index is 13.0. The number of rotatable bonds is 4. The molecule has 0 bridgehead atoms. The van der Waals surface area contributed by atoms with Gasteiger partial charge in [-0.15, -0.1) is 11.6 Å². The molecular weight excluding hydrogens is 272 g/mol. The molecule has 18 heavy (non-hydrogen) atoms. The van der Waals surface area contributed by atoms with E-state index in [-0.39, 0.29) is 10.8 Å². The molecule has 100 valence electrons. The second kappa shape index (κ2) is 6.74. The van der Waals surface area contributed by atoms with Crippen LogP contribution in [0.4, 0.5) is 4.39 Å². The summed E-state index contributed by atoms with van der Waals surface area (Å²) in [6.07, 6.45) is 4.85. The van der Waals surface area contributed by atoms with Crippen LogP contribution in [0.5, 0.6) is 0 Å². The Morgan fingerprint density at radius 2 is 2.06 bits per heavy atom. The summed E-state index contributed by atoms with van der Waals surface area (Å²) < 4.78 is 13.0. The second-order valence-corrected chi connectivity index (χ2v) is 5.91. The van der Waals surface area contributed by atoms with Crippen molar-refractivity contribution in [2.45, 2.75) is 37.6 Å². The van der Waals surface area contributed by atoms with Gasteiger partial charge in [-0.3, -0.25) is 0 Å². The molecular formula is C14H18Cl2FN. The van der Waals surface area contributed by atoms with Crippen LogP contribution in [0.1, 0.15) is 31.2 Å². The van der Waals surface area contributed by atoms with Crippen LogP contribution in [0, 0.1) is 11.7 Å². The smallest absolute Gasteiger partial charge is 0.141 e. The zero-order valence-corrected chi connectivity index (χ0v) is 11.8. The van der Waals surface area contributed by atoms with Gasteiger partial charge in [0.25, 0.3) is 0 Å². The summed E-state index contributed by atoms with van der Waals surface area (Å²) in [5.41, 5.74) is 1.00. The predicted molar refractivity (Wildman–Crippen MR) is 74.7 cm³/mol. The van der Waals surface area contributed by atoms with Crippen LogP contribution in [0.25, 0.3) is 0 Å². The Morgan fingerprint density at radius 3 is 2.78 bits per heavy atom. The fourth-order valence-electron chi connectivity index (χ4n) is 2.44. The van der Waals surface area contributed by atoms with E-state index in [1.807, 2.05) is 0 Å². The Bertz CT molecular complexity index is 397. The normalized spacial score (nSPS) is 24.2. The summed E-state index contributed by atoms with van der Waals surface area (Å²) in [6, 6.07) is 4.83. The zero-order valence-electron chi connectivity index (χ0n) is 10.3. The maximum Gasteiger partial charge on any atom is 0.141 e. The van der Waals surface area contributed by atoms with E-state index in [1.54, 1.807) is 12.1 Å². The average molecular weight is 290 g/mol. The Kier molecular flexibility index (Phi) is 5.28. The van der Waals surface area contributed by atoms with Gasteiger partial charge in [-0.2, -0.15) is 0 Å². The molecule has 1 N–H and O–H groups in total. The van der Waals surface area contributed by atoms with Crippen molar-refractivity contribution in [2.24, 2.45) is 5.92 Å². The lowest BCUT2D eigenvalue weighted by atomic mass is 9.89. The number of hydrogen-bond donors (Lipinski definition) is 1. The first-order valence-electron chi connectivity index (χ1n) is 6.45. The summed E-state index contributed by atoms with van der Waals surface area (Å²) in [5, 5.41) is 3.86. The van der Waals surface area contributed by atoms with Gasteiger partial charge in [0.2, 0.25) is 0 Å². The molecule has 0 aromatic heterocycles. The lowest BCUT2D eigenvalue weighted by Crippen LogP contribution is -2.30. The van der Waals surface area contributed by atoms with Crippen LogP contribution in [-0.2, 0) is 6.54 Å². The van der Waals surface area contributed by atoms with Crippen molar-refractivity contribution < 1.29 is 4.39 Å². The molecule has 0 amide bonds. The van der Waals surface area contributed by atoms with Crippen LogP contribution in [0.15, 0.2) is 18.2 Å². The van der Waals surface area contributed by atoms with Gasteiger partial charge in [-0.05, 0) is 43.0 Å². The van der Waals surface area contributed by atoms with E-state index in [1.165, 1.54) is 25.3 Å². The van der Waals surface area contributed by atoms with Gasteiger partial charge in [0.1, 0.15) is 5.82 Å². The lowest BCUT2D eigenvalue weighted by Gasteiger charge is -2.27. The molecule has 1 fully saturated rings. The highest BCUT2D eigenvalue weighted by atomic mass is 35.5. The summed E-state index contributed by atoms with van der Waals surface area (Å²) in [5.74, 6) is 0.185. The Hall–Kier alpha value is -0.310. The van der Waals surface area contributed by atoms with Crippen LogP contribution in [0.3, 0.4) is 0 Å². The summed E-state index contributed by atoms with van der Waals surface area (Å²) in [4.78, 5) is 0. The fourth-order valence-corrected chi connectivity index (χ4v) is 3.02. The Balaban J connectivity index is 1.79. The van der Waals surface area contributed by atoms with Crippen molar-refractivity contribution in [2.75, 3.05) is 6.54 Å². The molecule has 0 saturated heterocycles. The van der Waals surface area contributed by atoms with Gasteiger partial charge < -0.3 is 5.32 Å². The number of hydrogen-bond acceptors (Lipinski definition) is 1. The quantitative estimate of drug-likeness (QED) is 0.812. The molecule has 1 nitrogen and oxygen atoms in total. The lowest BCUT2D eigenvalue weighted by molar-refractivity contribution is 0.348. The molecule has 2 rings (SSSR count). The SMILES string of the molecule is Fc1ccc(CNCC2CCCCC2Cl)cc1Cl. The standard InChI is InChI=1S/C14H18Cl2FN/c15-12-4-2-1-3-11(12)9-18-8-10-5-6-14(17)13(16)7-10/h5-7,11-12,18H,1-4,8-9H2. The summed E-state index contributed by atoms with van der Waals surface area (Å²) in [6.45, 7) is 1.63. The number of halogens is 3. The van der Waals surface area contributed by atoms with Gasteiger partial charge >= 0.3 is 0 Å². The summed E-state index contributed by atoms with van der Waals surface area (Å²) in [7, 11) is 0. The minimum absolute atomic E-state index is 0.183. The first-order chi connectivity index (χ1) is 8.66. The van der Waals surface area contributed by atoms with Crippen molar-refractivity contribution in [3.05, 3.63) is 34.6 Å². The first-order valence-corrected chi connectivity index (χ1v) is 7.27. The molecule has 0 aliphatic heterocycles. The van der Waals surface area contributed by atoms with E-state index in [0.29, 0.717) is 17.8 Å². The van der Waals surface area contributed by atoms with E-state index in [0.717, 1.165) is 18.5 Å². The molecule has 0 spiro atoms. The van der Waals surface area contributed by atoms with Crippen molar-refractivity contribution >= 4 is 23.2 Å². The molecule has 0 radical (unpaired) electrons. The van der Waals surface area contributed by atoms with Gasteiger partial charge in [-0.25, -0.2) is 4.39 Å². The highest BCUT2D eigenvalue weighted by Gasteiger charge is 2.22. The Labute approximate surface area is 118 Å². The van der Waals surface area contributed by atoms with Gasteiger partial charge in [0.05, 0.1) is 5.02 Å². The van der Waals surface area contributed by atoms with Crippen LogP contribution in [0.2, 0.25) is 5.02 Å². The third-order valence-corrected chi connectivity index (χ3v) is 4.40. The zero-order chi connectivity index (χ0) is 13.0. The topological polar surface area (TPSA) is 12.0 Å². The molecule has 2 atom stereocenters. The van der Waals surface area contributed by atoms with E-state index >= 15 is 0 Å². The van der Waals surface area contributed by atoms with Crippen LogP contribution >= 0.6 is 23.2 Å². The molecule has 0 heterocycles. The third kappa shape index (κ3) is 3.84. The summed E-state index contributed by atoms with van der Waals surface area (Å²) >= 11 is 12.0. The molecule has 1 aromatic carbocycles. The highest BCUT2D eigenvalue weighted by molar-refractivity contribution is 6.30. The highest BCUT2D eigenvalue weighted by Crippen LogP contribution is 2.28. The second-order valence-electron chi connectivity index (χ2n) is 4.94. The van der Waals surface area contributed by atoms with Crippen molar-refractivity contribution in [1.29, 1.82) is 0 Å². The largest absolute Gasteiger partial charge is 0.312 e. The molecule has 1 saturated carbocycles. The van der Waals surface area contributed by atoms with Gasteiger partial charge in [-0.1, -0.05) is 30.5 Å². The number of benzene rings is 1. The molecule has 1 aliphatic rings. The molecule has 2 unspecified atom stereocenters. The van der Waals surface area contributed by atoms with Crippen molar-refractivity contribution in [3.8, 4) is 0 Å². The number of nitrogens with one attached hydrogen (secondary N) is 1. The number of alkyl halides is 1. The molecule has 1 aliphatic carbocycles. The minimum Gasteiger partial charge on any atom is -0.312 e. The van der Waals surface area contributed by atoms with Crippen LogP contribution < -0.4 is 5.32 Å². The van der Waals surface area contributed by atoms with Gasteiger partial charge in [0.15, 0.2) is 0 Å². The maximum atomic E-state index is 13.0. The van der Waals surface area contributed by atoms with Gasteiger partial charge in [0, 0.05) is 11.9 Å². The van der Waals surface area contributed by atoms with E-state index in [2.05, 4.69) is 5.32 Å². The third-order valence-electron chi connectivity index (χ3n) is 3.54.